The topological polar surface area (TPSA) is 37.8 Å². The summed E-state index contributed by atoms with van der Waals surface area (Å²) in [5.41, 5.74) is 1.28. The predicted octanol–water partition coefficient (Wildman–Crippen LogP) is 4.46. The average molecular weight is 295 g/mol. The second-order valence-corrected chi connectivity index (χ2v) is 7.81. The van der Waals surface area contributed by atoms with E-state index in [-0.39, 0.29) is 5.41 Å². The van der Waals surface area contributed by atoms with Gasteiger partial charge in [0.25, 0.3) is 0 Å². The van der Waals surface area contributed by atoms with Crippen LogP contribution in [0.3, 0.4) is 0 Å². The van der Waals surface area contributed by atoms with Crippen LogP contribution < -0.4 is 5.32 Å². The van der Waals surface area contributed by atoms with Gasteiger partial charge in [0, 0.05) is 11.5 Å². The normalized spacial score (nSPS) is 19.8. The molecule has 0 aromatic carbocycles. The van der Waals surface area contributed by atoms with Gasteiger partial charge in [0.2, 0.25) is 0 Å². The molecule has 0 bridgehead atoms. The Morgan fingerprint density at radius 3 is 2.40 bits per heavy atom. The largest absolute Gasteiger partial charge is 0.309 e. The molecule has 1 saturated carbocycles. The van der Waals surface area contributed by atoms with E-state index in [1.165, 1.54) is 49.1 Å². The van der Waals surface area contributed by atoms with Crippen molar-refractivity contribution in [3.05, 3.63) is 10.6 Å². The quantitative estimate of drug-likeness (QED) is 0.834. The van der Waals surface area contributed by atoms with Crippen LogP contribution in [0.4, 0.5) is 0 Å². The molecule has 1 aliphatic carbocycles. The van der Waals surface area contributed by atoms with E-state index in [4.69, 9.17) is 0 Å². The summed E-state index contributed by atoms with van der Waals surface area (Å²) in [6.07, 6.45) is 8.26. The summed E-state index contributed by atoms with van der Waals surface area (Å²) < 4.78 is 4.26. The lowest BCUT2D eigenvalue weighted by atomic mass is 9.85. The highest BCUT2D eigenvalue weighted by molar-refractivity contribution is 7.05. The Kier molecular flexibility index (Phi) is 5.56. The number of nitrogens with one attached hydrogen (secondary N) is 1. The number of aromatic nitrogens is 2. The van der Waals surface area contributed by atoms with Crippen molar-refractivity contribution in [3.63, 3.8) is 0 Å². The molecule has 3 nitrogen and oxygen atoms in total. The lowest BCUT2D eigenvalue weighted by molar-refractivity contribution is 0.329. The molecule has 0 aliphatic heterocycles. The number of nitrogens with zero attached hydrogens (tertiary/aromatic N) is 2. The molecule has 1 fully saturated rings. The van der Waals surface area contributed by atoms with Crippen molar-refractivity contribution in [3.8, 4) is 0 Å². The lowest BCUT2D eigenvalue weighted by Gasteiger charge is -2.28. The maximum absolute atomic E-state index is 4.44. The summed E-state index contributed by atoms with van der Waals surface area (Å²) in [4.78, 5) is 1.38. The zero-order valence-electron chi connectivity index (χ0n) is 13.4. The maximum Gasteiger partial charge on any atom is 0.0857 e. The third-order valence-electron chi connectivity index (χ3n) is 4.30. The van der Waals surface area contributed by atoms with Gasteiger partial charge in [-0.2, -0.15) is 0 Å². The van der Waals surface area contributed by atoms with E-state index in [1.807, 2.05) is 0 Å². The van der Waals surface area contributed by atoms with Gasteiger partial charge in [0.1, 0.15) is 0 Å². The van der Waals surface area contributed by atoms with Crippen molar-refractivity contribution in [2.45, 2.75) is 77.7 Å². The smallest absolute Gasteiger partial charge is 0.0857 e. The molecule has 4 heteroatoms. The first-order chi connectivity index (χ1) is 9.54. The molecular weight excluding hydrogens is 266 g/mol. The van der Waals surface area contributed by atoms with Gasteiger partial charge in [-0.25, -0.2) is 0 Å². The molecular formula is C16H29N3S. The highest BCUT2D eigenvalue weighted by Gasteiger charge is 2.31. The Balaban J connectivity index is 2.25. The van der Waals surface area contributed by atoms with Crippen molar-refractivity contribution in [1.29, 1.82) is 0 Å². The van der Waals surface area contributed by atoms with Crippen LogP contribution in [0, 0.1) is 5.92 Å². The van der Waals surface area contributed by atoms with Gasteiger partial charge < -0.3 is 5.32 Å². The summed E-state index contributed by atoms with van der Waals surface area (Å²) in [5.74, 6) is 0.751. The molecule has 1 atom stereocenters. The molecule has 1 aliphatic rings. The highest BCUT2D eigenvalue weighted by Crippen LogP contribution is 2.38. The second-order valence-electron chi connectivity index (χ2n) is 7.02. The van der Waals surface area contributed by atoms with Crippen LogP contribution in [0.1, 0.15) is 82.8 Å². The molecule has 1 aromatic heterocycles. The van der Waals surface area contributed by atoms with Crippen LogP contribution in [0.5, 0.6) is 0 Å². The Hall–Kier alpha value is -0.480. The Bertz CT molecular complexity index is 400. The molecule has 1 aromatic rings. The molecule has 0 amide bonds. The predicted molar refractivity (Wildman–Crippen MR) is 86.2 cm³/mol. The zero-order valence-corrected chi connectivity index (χ0v) is 14.2. The van der Waals surface area contributed by atoms with Gasteiger partial charge in [0.05, 0.1) is 10.6 Å². The average Bonchev–Trinajstić information content (AvgIpc) is 2.72. The number of rotatable bonds is 4. The first-order valence-corrected chi connectivity index (χ1v) is 8.87. The van der Waals surface area contributed by atoms with Crippen LogP contribution in [-0.2, 0) is 5.41 Å². The van der Waals surface area contributed by atoms with Crippen LogP contribution >= 0.6 is 11.5 Å². The minimum atomic E-state index is 0.0841. The van der Waals surface area contributed by atoms with Crippen molar-refractivity contribution < 1.29 is 0 Å². The zero-order chi connectivity index (χ0) is 14.6. The van der Waals surface area contributed by atoms with E-state index in [1.54, 1.807) is 11.5 Å². The van der Waals surface area contributed by atoms with Crippen molar-refractivity contribution in [2.75, 3.05) is 6.54 Å². The molecule has 2 rings (SSSR count). The van der Waals surface area contributed by atoms with E-state index in [0.29, 0.717) is 6.04 Å². The molecule has 1 N–H and O–H groups in total. The summed E-state index contributed by atoms with van der Waals surface area (Å²) >= 11 is 1.60. The Labute approximate surface area is 127 Å². The SMILES string of the molecule is CCNC(c1snnc1C(C)(C)C)C1CCCCCC1. The minimum absolute atomic E-state index is 0.0841. The van der Waals surface area contributed by atoms with E-state index < -0.39 is 0 Å². The van der Waals surface area contributed by atoms with Crippen LogP contribution in [-0.4, -0.2) is 16.1 Å². The lowest BCUT2D eigenvalue weighted by Crippen LogP contribution is -2.30. The van der Waals surface area contributed by atoms with Crippen molar-refractivity contribution >= 4 is 11.5 Å². The Morgan fingerprint density at radius 2 is 1.85 bits per heavy atom. The standard InChI is InChI=1S/C16H29N3S/c1-5-17-13(12-10-8-6-7-9-11-12)14-15(16(2,3)4)18-19-20-14/h12-13,17H,5-11H2,1-4H3. The van der Waals surface area contributed by atoms with Gasteiger partial charge in [0.15, 0.2) is 0 Å². The molecule has 0 saturated heterocycles. The van der Waals surface area contributed by atoms with Crippen LogP contribution in [0.25, 0.3) is 0 Å². The number of hydrogen-bond donors (Lipinski definition) is 1. The fraction of sp³-hybridized carbons (Fsp3) is 0.875. The first kappa shape index (κ1) is 15.9. The molecule has 114 valence electrons. The molecule has 20 heavy (non-hydrogen) atoms. The molecule has 0 spiro atoms. The summed E-state index contributed by atoms with van der Waals surface area (Å²) in [5, 5.41) is 8.16. The van der Waals surface area contributed by atoms with Crippen LogP contribution in [0.2, 0.25) is 0 Å². The molecule has 1 unspecified atom stereocenters. The second kappa shape index (κ2) is 6.99. The van der Waals surface area contributed by atoms with Gasteiger partial charge in [-0.05, 0) is 36.8 Å². The third-order valence-corrected chi connectivity index (χ3v) is 5.11. The van der Waals surface area contributed by atoms with Gasteiger partial charge in [-0.3, -0.25) is 0 Å². The highest BCUT2D eigenvalue weighted by atomic mass is 32.1. The van der Waals surface area contributed by atoms with E-state index >= 15 is 0 Å². The minimum Gasteiger partial charge on any atom is -0.309 e. The first-order valence-electron chi connectivity index (χ1n) is 8.10. The third kappa shape index (κ3) is 3.79. The monoisotopic (exact) mass is 295 g/mol. The number of hydrogen-bond acceptors (Lipinski definition) is 4. The molecule has 0 radical (unpaired) electrons. The fourth-order valence-electron chi connectivity index (χ4n) is 3.26. The van der Waals surface area contributed by atoms with E-state index in [9.17, 15) is 0 Å². The van der Waals surface area contributed by atoms with Gasteiger partial charge in [-0.15, -0.1) is 5.10 Å². The van der Waals surface area contributed by atoms with Crippen LogP contribution in [0.15, 0.2) is 0 Å². The summed E-state index contributed by atoms with van der Waals surface area (Å²) in [7, 11) is 0. The van der Waals surface area contributed by atoms with Gasteiger partial charge >= 0.3 is 0 Å². The Morgan fingerprint density at radius 1 is 1.20 bits per heavy atom. The van der Waals surface area contributed by atoms with Crippen molar-refractivity contribution in [1.82, 2.24) is 14.9 Å². The summed E-state index contributed by atoms with van der Waals surface area (Å²) in [6, 6.07) is 0.451. The van der Waals surface area contributed by atoms with Gasteiger partial charge in [-0.1, -0.05) is 57.9 Å². The van der Waals surface area contributed by atoms with E-state index in [2.05, 4.69) is 42.6 Å². The fourth-order valence-corrected chi connectivity index (χ4v) is 4.29. The van der Waals surface area contributed by atoms with Crippen molar-refractivity contribution in [2.24, 2.45) is 5.92 Å². The summed E-state index contributed by atoms with van der Waals surface area (Å²) in [6.45, 7) is 9.94. The maximum atomic E-state index is 4.44. The van der Waals surface area contributed by atoms with E-state index in [0.717, 1.165) is 12.5 Å². The molecule has 1 heterocycles.